The summed E-state index contributed by atoms with van der Waals surface area (Å²) in [5, 5.41) is 0. The van der Waals surface area contributed by atoms with Crippen LogP contribution < -0.4 is 4.90 Å². The number of isocyanates is 1. The topological polar surface area (TPSA) is 97.6 Å². The number of halogens is 1. The third kappa shape index (κ3) is 5.22. The van der Waals surface area contributed by atoms with Crippen LogP contribution in [0.15, 0.2) is 58.5 Å². The maximum Gasteiger partial charge on any atom is 0.351 e. The molecule has 0 saturated carbocycles. The minimum atomic E-state index is -2.37. The number of hydrogen-bond acceptors (Lipinski definition) is 7. The Balaban J connectivity index is 2.32. The van der Waals surface area contributed by atoms with E-state index in [0.29, 0.717) is 11.3 Å². The number of carbonyl (C=O) groups is 2. The van der Waals surface area contributed by atoms with Crippen molar-refractivity contribution >= 4 is 29.4 Å². The lowest BCUT2D eigenvalue weighted by atomic mass is 9.99. The molecule has 2 aromatic rings. The first-order chi connectivity index (χ1) is 15.6. The highest BCUT2D eigenvalue weighted by Gasteiger charge is 2.49. The average Bonchev–Trinajstić information content (AvgIpc) is 2.82. The lowest BCUT2D eigenvalue weighted by molar-refractivity contribution is -0.161. The van der Waals surface area contributed by atoms with E-state index in [1.54, 1.807) is 51.1 Å². The minimum Gasteiger partial charge on any atom is -0.464 e. The Hall–Kier alpha value is -3.68. The van der Waals surface area contributed by atoms with Crippen LogP contribution in [0.2, 0.25) is 0 Å². The van der Waals surface area contributed by atoms with E-state index in [1.807, 2.05) is 0 Å². The summed E-state index contributed by atoms with van der Waals surface area (Å²) in [5.74, 6) is -4.26. The van der Waals surface area contributed by atoms with Gasteiger partial charge < -0.3 is 14.4 Å². The number of hydrogen-bond donors (Lipinski definition) is 0. The Bertz CT molecular complexity index is 1150. The van der Waals surface area contributed by atoms with Crippen molar-refractivity contribution in [3.8, 4) is 0 Å². The highest BCUT2D eigenvalue weighted by molar-refractivity contribution is 6.20. The average molecular weight is 453 g/mol. The number of carbonyl (C=O) groups excluding carboxylic acids is 3. The van der Waals surface area contributed by atoms with Gasteiger partial charge >= 0.3 is 17.7 Å². The fraction of sp³-hybridized carbons (Fsp3) is 0.333. The molecular weight excluding hydrogens is 429 g/mol. The molecule has 0 bridgehead atoms. The van der Waals surface area contributed by atoms with Gasteiger partial charge in [-0.05, 0) is 39.0 Å². The van der Waals surface area contributed by atoms with Gasteiger partial charge in [0.1, 0.15) is 12.4 Å². The van der Waals surface area contributed by atoms with E-state index in [4.69, 9.17) is 9.47 Å². The molecule has 0 N–H and O–H groups in total. The molecule has 3 rings (SSSR count). The van der Waals surface area contributed by atoms with E-state index in [1.165, 1.54) is 36.1 Å². The summed E-state index contributed by atoms with van der Waals surface area (Å²) in [5.41, 5.74) is -0.00737. The second-order valence-corrected chi connectivity index (χ2v) is 8.28. The number of benzodiazepines with no additional fused rings is 1. The van der Waals surface area contributed by atoms with Crippen molar-refractivity contribution in [1.82, 2.24) is 0 Å². The van der Waals surface area contributed by atoms with Gasteiger partial charge in [0, 0.05) is 18.1 Å². The first-order valence-corrected chi connectivity index (χ1v) is 10.3. The van der Waals surface area contributed by atoms with Crippen molar-refractivity contribution in [1.29, 1.82) is 0 Å². The number of para-hydroxylation sites is 1. The third-order valence-electron chi connectivity index (χ3n) is 4.63. The van der Waals surface area contributed by atoms with Crippen LogP contribution in [0.4, 0.5) is 10.1 Å². The standard InChI is InChI=1S/C24H24FN3O5/c1-16(30)32-14-13-28-20-12-8-6-10-18(20)21(17-9-5-7-11-19(17)25)27-24(22(28)31,26-15-29)33-23(2,3)4/h5-12H,13-14H2,1-4H3. The zero-order valence-corrected chi connectivity index (χ0v) is 18.8. The number of aliphatic imine (C=N–C) groups is 2. The first kappa shape index (κ1) is 24.0. The third-order valence-corrected chi connectivity index (χ3v) is 4.63. The van der Waals surface area contributed by atoms with E-state index in [9.17, 15) is 18.8 Å². The molecule has 1 unspecified atom stereocenters. The summed E-state index contributed by atoms with van der Waals surface area (Å²) in [4.78, 5) is 46.0. The van der Waals surface area contributed by atoms with Gasteiger partial charge in [-0.2, -0.15) is 0 Å². The van der Waals surface area contributed by atoms with Gasteiger partial charge in [0.2, 0.25) is 6.08 Å². The molecule has 1 atom stereocenters. The number of anilines is 1. The van der Waals surface area contributed by atoms with Crippen molar-refractivity contribution in [2.75, 3.05) is 18.1 Å². The molecule has 0 radical (unpaired) electrons. The quantitative estimate of drug-likeness (QED) is 0.379. The highest BCUT2D eigenvalue weighted by atomic mass is 19.1. The number of esters is 1. The Labute approximate surface area is 190 Å². The first-order valence-electron chi connectivity index (χ1n) is 10.3. The number of fused-ring (bicyclic) bond motifs is 1. The molecule has 1 aliphatic heterocycles. The molecular formula is C24H24FN3O5. The molecule has 172 valence electrons. The van der Waals surface area contributed by atoms with Crippen LogP contribution in [0.5, 0.6) is 0 Å². The second kappa shape index (κ2) is 9.44. The van der Waals surface area contributed by atoms with Gasteiger partial charge in [-0.3, -0.25) is 9.59 Å². The predicted octanol–water partition coefficient (Wildman–Crippen LogP) is 3.38. The molecule has 0 aliphatic carbocycles. The lowest BCUT2D eigenvalue weighted by Crippen LogP contribution is -2.52. The summed E-state index contributed by atoms with van der Waals surface area (Å²) in [7, 11) is 0. The van der Waals surface area contributed by atoms with Crippen molar-refractivity contribution < 1.29 is 28.2 Å². The van der Waals surface area contributed by atoms with E-state index in [0.717, 1.165) is 0 Å². The molecule has 1 aliphatic rings. The molecule has 1 amide bonds. The van der Waals surface area contributed by atoms with E-state index in [2.05, 4.69) is 9.98 Å². The molecule has 0 saturated heterocycles. The summed E-state index contributed by atoms with van der Waals surface area (Å²) < 4.78 is 25.8. The number of rotatable bonds is 6. The van der Waals surface area contributed by atoms with Gasteiger partial charge in [0.25, 0.3) is 0 Å². The monoisotopic (exact) mass is 453 g/mol. The smallest absolute Gasteiger partial charge is 0.351 e. The van der Waals surface area contributed by atoms with Crippen molar-refractivity contribution in [3.05, 3.63) is 65.5 Å². The van der Waals surface area contributed by atoms with Crippen LogP contribution in [-0.2, 0) is 23.9 Å². The molecule has 2 aromatic carbocycles. The Kier molecular flexibility index (Phi) is 6.86. The predicted molar refractivity (Wildman–Crippen MR) is 119 cm³/mol. The zero-order chi connectivity index (χ0) is 24.2. The zero-order valence-electron chi connectivity index (χ0n) is 18.8. The van der Waals surface area contributed by atoms with Crippen molar-refractivity contribution in [2.45, 2.75) is 39.1 Å². The highest BCUT2D eigenvalue weighted by Crippen LogP contribution is 2.36. The van der Waals surface area contributed by atoms with E-state index in [-0.39, 0.29) is 24.4 Å². The molecule has 0 spiro atoms. The van der Waals surface area contributed by atoms with Crippen LogP contribution in [0.3, 0.4) is 0 Å². The number of amides is 1. The van der Waals surface area contributed by atoms with Gasteiger partial charge in [-0.25, -0.2) is 14.2 Å². The molecule has 8 nitrogen and oxygen atoms in total. The maximum absolute atomic E-state index is 14.9. The minimum absolute atomic E-state index is 0.0703. The van der Waals surface area contributed by atoms with Crippen LogP contribution in [0.1, 0.15) is 38.8 Å². The molecule has 1 heterocycles. The van der Waals surface area contributed by atoms with Crippen molar-refractivity contribution in [2.24, 2.45) is 9.98 Å². The number of ether oxygens (including phenoxy) is 2. The maximum atomic E-state index is 14.9. The fourth-order valence-electron chi connectivity index (χ4n) is 3.47. The van der Waals surface area contributed by atoms with Crippen LogP contribution in [-0.4, -0.2) is 48.3 Å². The summed E-state index contributed by atoms with van der Waals surface area (Å²) in [6.07, 6.45) is 1.38. The molecule has 0 fully saturated rings. The summed E-state index contributed by atoms with van der Waals surface area (Å²) in [6, 6.07) is 12.7. The number of benzene rings is 2. The van der Waals surface area contributed by atoms with Crippen LogP contribution >= 0.6 is 0 Å². The van der Waals surface area contributed by atoms with Gasteiger partial charge in [0.05, 0.1) is 23.5 Å². The van der Waals surface area contributed by atoms with Gasteiger partial charge in [0.15, 0.2) is 0 Å². The fourth-order valence-corrected chi connectivity index (χ4v) is 3.47. The SMILES string of the molecule is CC(=O)OCCN1C(=O)C(N=C=O)(OC(C)(C)C)N=C(c2ccccc2F)c2ccccc21. The van der Waals surface area contributed by atoms with E-state index < -0.39 is 29.1 Å². The molecule has 33 heavy (non-hydrogen) atoms. The van der Waals surface area contributed by atoms with E-state index >= 15 is 0 Å². The Morgan fingerprint density at radius 2 is 1.79 bits per heavy atom. The Morgan fingerprint density at radius 3 is 2.39 bits per heavy atom. The Morgan fingerprint density at radius 1 is 1.15 bits per heavy atom. The lowest BCUT2D eigenvalue weighted by Gasteiger charge is -2.33. The van der Waals surface area contributed by atoms with Crippen LogP contribution in [0.25, 0.3) is 0 Å². The van der Waals surface area contributed by atoms with Crippen LogP contribution in [0, 0.1) is 5.82 Å². The summed E-state index contributed by atoms with van der Waals surface area (Å²) >= 11 is 0. The van der Waals surface area contributed by atoms with Gasteiger partial charge in [-0.15, -0.1) is 4.99 Å². The molecule has 0 aromatic heterocycles. The largest absolute Gasteiger partial charge is 0.464 e. The van der Waals surface area contributed by atoms with Gasteiger partial charge in [-0.1, -0.05) is 30.3 Å². The van der Waals surface area contributed by atoms with Crippen molar-refractivity contribution in [3.63, 3.8) is 0 Å². The normalized spacial score (nSPS) is 18.0. The second-order valence-electron chi connectivity index (χ2n) is 8.28. The number of nitrogens with zero attached hydrogens (tertiary/aromatic N) is 3. The molecule has 9 heteroatoms. The summed E-state index contributed by atoms with van der Waals surface area (Å²) in [6.45, 7) is 6.06.